The average molecular weight is 485 g/mol. The van der Waals surface area contributed by atoms with Crippen LogP contribution in [0.25, 0.3) is 4.96 Å². The number of ether oxygens (including phenoxy) is 2. The predicted octanol–water partition coefficient (Wildman–Crippen LogP) is 4.35. The summed E-state index contributed by atoms with van der Waals surface area (Å²) in [6.07, 6.45) is 1.77. The summed E-state index contributed by atoms with van der Waals surface area (Å²) in [5.41, 5.74) is 0.899. The molecule has 0 radical (unpaired) electrons. The third-order valence-corrected chi connectivity index (χ3v) is 5.80. The van der Waals surface area contributed by atoms with Gasteiger partial charge in [-0.1, -0.05) is 42.0 Å². The minimum Gasteiger partial charge on any atom is -0.487 e. The highest BCUT2D eigenvalue weighted by atomic mass is 35.5. The molecule has 0 bridgehead atoms. The van der Waals surface area contributed by atoms with Gasteiger partial charge in [0.2, 0.25) is 4.96 Å². The number of aromatic nitrogens is 3. The topological polar surface area (TPSA) is 94.8 Å². The molecule has 8 nitrogen and oxygen atoms in total. The summed E-state index contributed by atoms with van der Waals surface area (Å²) in [5, 5.41) is 8.38. The summed E-state index contributed by atoms with van der Waals surface area (Å²) >= 11 is 7.42. The van der Waals surface area contributed by atoms with Crippen molar-refractivity contribution in [3.63, 3.8) is 0 Å². The second-order valence-electron chi connectivity index (χ2n) is 7.11. The van der Waals surface area contributed by atoms with E-state index in [1.54, 1.807) is 48.5 Å². The molecule has 2 aromatic heterocycles. The molecule has 0 unspecified atom stereocenters. The number of hydrogen-bond donors (Lipinski definition) is 1. The van der Waals surface area contributed by atoms with Gasteiger partial charge in [-0.05, 0) is 42.8 Å². The molecule has 4 aromatic rings. The number of anilines is 1. The first-order valence-electron chi connectivity index (χ1n) is 10.3. The lowest BCUT2D eigenvalue weighted by Crippen LogP contribution is -2.20. The van der Waals surface area contributed by atoms with Crippen molar-refractivity contribution in [3.8, 4) is 11.5 Å². The Bertz CT molecular complexity index is 1320. The van der Waals surface area contributed by atoms with Crippen molar-refractivity contribution < 1.29 is 14.3 Å². The van der Waals surface area contributed by atoms with Gasteiger partial charge in [0.15, 0.2) is 6.61 Å². The molecule has 0 saturated heterocycles. The zero-order valence-electron chi connectivity index (χ0n) is 17.8. The number of amides is 1. The van der Waals surface area contributed by atoms with Crippen LogP contribution < -0.4 is 20.3 Å². The number of benzene rings is 2. The molecule has 0 saturated carbocycles. The number of nitrogens with zero attached hydrogens (tertiary/aromatic N) is 3. The molecule has 1 N–H and O–H groups in total. The maximum atomic E-state index is 12.3. The number of fused-ring (bicyclic) bond motifs is 1. The number of carbonyl (C=O) groups is 1. The fourth-order valence-electron chi connectivity index (χ4n) is 2.98. The van der Waals surface area contributed by atoms with Crippen molar-refractivity contribution in [1.29, 1.82) is 0 Å². The van der Waals surface area contributed by atoms with Crippen molar-refractivity contribution in [1.82, 2.24) is 14.6 Å². The normalized spacial score (nSPS) is 10.8. The molecule has 2 heterocycles. The van der Waals surface area contributed by atoms with Crippen LogP contribution in [0.5, 0.6) is 11.5 Å². The van der Waals surface area contributed by atoms with Crippen molar-refractivity contribution in [2.45, 2.75) is 26.4 Å². The Morgan fingerprint density at radius 3 is 2.70 bits per heavy atom. The lowest BCUT2D eigenvalue weighted by Gasteiger charge is -2.10. The maximum Gasteiger partial charge on any atom is 0.275 e. The number of rotatable bonds is 9. The fraction of sp³-hybridized carbons (Fsp3) is 0.217. The number of nitrogens with one attached hydrogen (secondary N) is 1. The summed E-state index contributed by atoms with van der Waals surface area (Å²) < 4.78 is 12.5. The van der Waals surface area contributed by atoms with Crippen molar-refractivity contribution in [3.05, 3.63) is 80.7 Å². The standard InChI is InChI=1S/C23H21ClN4O4S/c1-2-5-21-27-28-22(30)12-16(26-23(28)33-21)13-31-17-10-8-15(9-11-17)25-20(29)14-32-19-7-4-3-6-18(19)24/h3-4,6-12H,2,5,13-14H2,1H3,(H,25,29). The third kappa shape index (κ3) is 5.88. The van der Waals surface area contributed by atoms with Gasteiger partial charge in [0.1, 0.15) is 23.1 Å². The van der Waals surface area contributed by atoms with E-state index in [1.807, 2.05) is 0 Å². The summed E-state index contributed by atoms with van der Waals surface area (Å²) in [6, 6.07) is 15.3. The van der Waals surface area contributed by atoms with Crippen LogP contribution in [0.4, 0.5) is 5.69 Å². The monoisotopic (exact) mass is 484 g/mol. The highest BCUT2D eigenvalue weighted by Crippen LogP contribution is 2.23. The van der Waals surface area contributed by atoms with Crippen molar-refractivity contribution in [2.75, 3.05) is 11.9 Å². The van der Waals surface area contributed by atoms with Crippen LogP contribution in [-0.4, -0.2) is 27.1 Å². The van der Waals surface area contributed by atoms with E-state index < -0.39 is 0 Å². The van der Waals surface area contributed by atoms with Gasteiger partial charge in [-0.25, -0.2) is 4.98 Å². The summed E-state index contributed by atoms with van der Waals surface area (Å²) in [4.78, 5) is 29.4. The van der Waals surface area contributed by atoms with E-state index >= 15 is 0 Å². The van der Waals surface area contributed by atoms with E-state index in [9.17, 15) is 9.59 Å². The van der Waals surface area contributed by atoms with E-state index in [2.05, 4.69) is 22.3 Å². The smallest absolute Gasteiger partial charge is 0.275 e. The molecule has 0 spiro atoms. The van der Waals surface area contributed by atoms with Gasteiger partial charge in [0.25, 0.3) is 11.5 Å². The van der Waals surface area contributed by atoms with E-state index in [0.29, 0.717) is 32.9 Å². The lowest BCUT2D eigenvalue weighted by atomic mass is 10.3. The Morgan fingerprint density at radius 2 is 1.94 bits per heavy atom. The minimum atomic E-state index is -0.312. The molecule has 10 heteroatoms. The van der Waals surface area contributed by atoms with Crippen LogP contribution in [0.15, 0.2) is 59.4 Å². The highest BCUT2D eigenvalue weighted by Gasteiger charge is 2.10. The van der Waals surface area contributed by atoms with Gasteiger partial charge in [-0.2, -0.15) is 9.61 Å². The first-order chi connectivity index (χ1) is 16.0. The average Bonchev–Trinajstić information content (AvgIpc) is 3.21. The largest absolute Gasteiger partial charge is 0.487 e. The van der Waals surface area contributed by atoms with E-state index in [0.717, 1.165) is 17.8 Å². The second kappa shape index (κ2) is 10.5. The Morgan fingerprint density at radius 1 is 1.15 bits per heavy atom. The third-order valence-electron chi connectivity index (χ3n) is 4.52. The summed E-state index contributed by atoms with van der Waals surface area (Å²) in [6.45, 7) is 2.04. The van der Waals surface area contributed by atoms with E-state index in [1.165, 1.54) is 21.9 Å². The molecule has 33 heavy (non-hydrogen) atoms. The van der Waals surface area contributed by atoms with Gasteiger partial charge >= 0.3 is 0 Å². The number of hydrogen-bond acceptors (Lipinski definition) is 7. The number of aryl methyl sites for hydroxylation is 1. The number of halogens is 1. The Balaban J connectivity index is 1.31. The summed E-state index contributed by atoms with van der Waals surface area (Å²) in [7, 11) is 0. The molecule has 4 rings (SSSR count). The molecule has 0 aliphatic rings. The lowest BCUT2D eigenvalue weighted by molar-refractivity contribution is -0.118. The molecule has 0 aliphatic carbocycles. The highest BCUT2D eigenvalue weighted by molar-refractivity contribution is 7.16. The van der Waals surface area contributed by atoms with Crippen LogP contribution >= 0.6 is 22.9 Å². The SMILES string of the molecule is CCCc1nn2c(=O)cc(COc3ccc(NC(=O)COc4ccccc4Cl)cc3)nc2s1. The molecule has 0 aliphatic heterocycles. The molecular formula is C23H21ClN4O4S. The Labute approximate surface area is 198 Å². The van der Waals surface area contributed by atoms with Gasteiger partial charge < -0.3 is 14.8 Å². The minimum absolute atomic E-state index is 0.143. The molecule has 1 amide bonds. The van der Waals surface area contributed by atoms with Crippen LogP contribution in [0.2, 0.25) is 5.02 Å². The van der Waals surface area contributed by atoms with Crippen LogP contribution in [0.3, 0.4) is 0 Å². The number of para-hydroxylation sites is 1. The predicted molar refractivity (Wildman–Crippen MR) is 127 cm³/mol. The summed E-state index contributed by atoms with van der Waals surface area (Å²) in [5.74, 6) is 0.719. The van der Waals surface area contributed by atoms with Gasteiger partial charge in [0.05, 0.1) is 10.7 Å². The Hall–Kier alpha value is -3.43. The quantitative estimate of drug-likeness (QED) is 0.379. The Kier molecular flexibility index (Phi) is 7.21. The molecule has 0 fully saturated rings. The maximum absolute atomic E-state index is 12.3. The molecular weight excluding hydrogens is 464 g/mol. The zero-order valence-corrected chi connectivity index (χ0v) is 19.4. The zero-order chi connectivity index (χ0) is 23.2. The van der Waals surface area contributed by atoms with Crippen LogP contribution in [0, 0.1) is 0 Å². The second-order valence-corrected chi connectivity index (χ2v) is 8.55. The molecule has 2 aromatic carbocycles. The number of carbonyl (C=O) groups excluding carboxylic acids is 1. The van der Waals surface area contributed by atoms with Crippen LogP contribution in [0.1, 0.15) is 24.0 Å². The van der Waals surface area contributed by atoms with Crippen molar-refractivity contribution >= 4 is 39.5 Å². The van der Waals surface area contributed by atoms with Crippen LogP contribution in [-0.2, 0) is 17.8 Å². The molecule has 0 atom stereocenters. The first kappa shape index (κ1) is 22.8. The van der Waals surface area contributed by atoms with Gasteiger partial charge in [-0.3, -0.25) is 9.59 Å². The molecule has 170 valence electrons. The van der Waals surface area contributed by atoms with Gasteiger partial charge in [0, 0.05) is 18.2 Å². The van der Waals surface area contributed by atoms with E-state index in [4.69, 9.17) is 21.1 Å². The fourth-order valence-corrected chi connectivity index (χ4v) is 4.19. The van der Waals surface area contributed by atoms with E-state index in [-0.39, 0.29) is 24.7 Å². The van der Waals surface area contributed by atoms with Crippen molar-refractivity contribution in [2.24, 2.45) is 0 Å². The first-order valence-corrected chi connectivity index (χ1v) is 11.5. The van der Waals surface area contributed by atoms with Gasteiger partial charge in [-0.15, -0.1) is 0 Å².